The van der Waals surface area contributed by atoms with Gasteiger partial charge in [0, 0.05) is 0 Å². The molecule has 0 fully saturated rings. The van der Waals surface area contributed by atoms with Gasteiger partial charge >= 0.3 is 6.18 Å². The Kier molecular flexibility index (Phi) is 5.28. The van der Waals surface area contributed by atoms with Crippen LogP contribution in [0.25, 0.3) is 0 Å². The van der Waals surface area contributed by atoms with Crippen LogP contribution in [0.2, 0.25) is 0 Å². The SMILES string of the molecule is Cc1ccc(CCCOc2ccc(C#N)cc2C(F)(F)F)cc1. The van der Waals surface area contributed by atoms with Crippen LogP contribution in [0.15, 0.2) is 42.5 Å². The van der Waals surface area contributed by atoms with Crippen molar-refractivity contribution < 1.29 is 17.9 Å². The molecule has 0 saturated heterocycles. The molecular formula is C18H16F3NO. The van der Waals surface area contributed by atoms with Crippen LogP contribution in [0.4, 0.5) is 13.2 Å². The van der Waals surface area contributed by atoms with Crippen molar-refractivity contribution in [2.24, 2.45) is 0 Å². The van der Waals surface area contributed by atoms with E-state index in [0.29, 0.717) is 6.42 Å². The molecule has 2 aromatic carbocycles. The quantitative estimate of drug-likeness (QED) is 0.735. The number of aryl methyl sites for hydroxylation is 2. The lowest BCUT2D eigenvalue weighted by atomic mass is 10.1. The average Bonchev–Trinajstić information content (AvgIpc) is 2.52. The van der Waals surface area contributed by atoms with Crippen molar-refractivity contribution >= 4 is 0 Å². The standard InChI is InChI=1S/C18H16F3NO/c1-13-4-6-14(7-5-13)3-2-10-23-17-9-8-15(12-22)11-16(17)18(19,20)21/h4-9,11H,2-3,10H2,1H3. The smallest absolute Gasteiger partial charge is 0.420 e. The van der Waals surface area contributed by atoms with Gasteiger partial charge in [-0.2, -0.15) is 18.4 Å². The minimum absolute atomic E-state index is 0.0377. The number of rotatable bonds is 5. The fourth-order valence-electron chi connectivity index (χ4n) is 2.16. The number of ether oxygens (including phenoxy) is 1. The van der Waals surface area contributed by atoms with Gasteiger partial charge in [0.2, 0.25) is 0 Å². The summed E-state index contributed by atoms with van der Waals surface area (Å²) in [5.74, 6) is -0.236. The second-order valence-electron chi connectivity index (χ2n) is 5.26. The first-order chi connectivity index (χ1) is 10.9. The molecule has 0 aliphatic heterocycles. The summed E-state index contributed by atoms with van der Waals surface area (Å²) >= 11 is 0. The Bertz CT molecular complexity index is 700. The molecule has 2 aromatic rings. The number of benzene rings is 2. The van der Waals surface area contributed by atoms with Crippen molar-refractivity contribution in [3.05, 3.63) is 64.7 Å². The van der Waals surface area contributed by atoms with Gasteiger partial charge in [0.1, 0.15) is 5.75 Å². The number of hydrogen-bond acceptors (Lipinski definition) is 2. The Morgan fingerprint density at radius 2 is 1.78 bits per heavy atom. The van der Waals surface area contributed by atoms with Crippen LogP contribution in [0.3, 0.4) is 0 Å². The summed E-state index contributed by atoms with van der Waals surface area (Å²) in [6, 6.07) is 13.0. The molecule has 0 bridgehead atoms. The van der Waals surface area contributed by atoms with E-state index in [0.717, 1.165) is 23.6 Å². The van der Waals surface area contributed by atoms with Gasteiger partial charge in [-0.05, 0) is 43.5 Å². The Hall–Kier alpha value is -2.48. The van der Waals surface area contributed by atoms with Crippen molar-refractivity contribution in [1.29, 1.82) is 5.26 Å². The second-order valence-corrected chi connectivity index (χ2v) is 5.26. The summed E-state index contributed by atoms with van der Waals surface area (Å²) in [7, 11) is 0. The summed E-state index contributed by atoms with van der Waals surface area (Å²) in [5, 5.41) is 8.72. The molecule has 0 aliphatic rings. The minimum Gasteiger partial charge on any atom is -0.493 e. The Balaban J connectivity index is 1.97. The van der Waals surface area contributed by atoms with Gasteiger partial charge in [-0.15, -0.1) is 0 Å². The van der Waals surface area contributed by atoms with Crippen LogP contribution in [-0.4, -0.2) is 6.61 Å². The maximum absolute atomic E-state index is 13.0. The monoisotopic (exact) mass is 319 g/mol. The lowest BCUT2D eigenvalue weighted by Crippen LogP contribution is -2.10. The molecule has 0 unspecified atom stereocenters. The molecule has 0 aromatic heterocycles. The number of hydrogen-bond donors (Lipinski definition) is 0. The zero-order valence-electron chi connectivity index (χ0n) is 12.7. The summed E-state index contributed by atoms with van der Waals surface area (Å²) in [6.45, 7) is 2.18. The molecular weight excluding hydrogens is 303 g/mol. The Morgan fingerprint density at radius 3 is 2.39 bits per heavy atom. The van der Waals surface area contributed by atoms with Crippen LogP contribution in [0.1, 0.15) is 28.7 Å². The van der Waals surface area contributed by atoms with E-state index in [1.165, 1.54) is 12.1 Å². The summed E-state index contributed by atoms with van der Waals surface area (Å²) < 4.78 is 44.2. The molecule has 0 atom stereocenters. The van der Waals surface area contributed by atoms with Gasteiger partial charge in [0.05, 0.1) is 23.8 Å². The maximum atomic E-state index is 13.0. The minimum atomic E-state index is -4.54. The summed E-state index contributed by atoms with van der Waals surface area (Å²) in [6.07, 6.45) is -3.20. The average molecular weight is 319 g/mol. The summed E-state index contributed by atoms with van der Waals surface area (Å²) in [4.78, 5) is 0. The van der Waals surface area contributed by atoms with Crippen molar-refractivity contribution in [2.75, 3.05) is 6.61 Å². The fraction of sp³-hybridized carbons (Fsp3) is 0.278. The highest BCUT2D eigenvalue weighted by Crippen LogP contribution is 2.36. The molecule has 0 saturated carbocycles. The molecule has 0 radical (unpaired) electrons. The second kappa shape index (κ2) is 7.19. The van der Waals surface area contributed by atoms with E-state index in [4.69, 9.17) is 10.00 Å². The van der Waals surface area contributed by atoms with Gasteiger partial charge < -0.3 is 4.74 Å². The fourth-order valence-corrected chi connectivity index (χ4v) is 2.16. The van der Waals surface area contributed by atoms with E-state index < -0.39 is 11.7 Å². The van der Waals surface area contributed by atoms with E-state index in [2.05, 4.69) is 0 Å². The zero-order valence-corrected chi connectivity index (χ0v) is 12.7. The molecule has 5 heteroatoms. The normalized spacial score (nSPS) is 11.1. The first-order valence-corrected chi connectivity index (χ1v) is 7.20. The third kappa shape index (κ3) is 4.75. The number of alkyl halides is 3. The number of halogens is 3. The molecule has 0 aliphatic carbocycles. The van der Waals surface area contributed by atoms with Gasteiger partial charge in [-0.25, -0.2) is 0 Å². The van der Waals surface area contributed by atoms with Crippen molar-refractivity contribution in [2.45, 2.75) is 25.9 Å². The predicted molar refractivity (Wildman–Crippen MR) is 81.2 cm³/mol. The molecule has 120 valence electrons. The van der Waals surface area contributed by atoms with Crippen LogP contribution >= 0.6 is 0 Å². The van der Waals surface area contributed by atoms with Gasteiger partial charge in [-0.1, -0.05) is 29.8 Å². The molecule has 0 spiro atoms. The van der Waals surface area contributed by atoms with Crippen LogP contribution < -0.4 is 4.74 Å². The van der Waals surface area contributed by atoms with Gasteiger partial charge in [0.15, 0.2) is 0 Å². The highest BCUT2D eigenvalue weighted by molar-refractivity contribution is 5.43. The molecule has 0 amide bonds. The Labute approximate surface area is 133 Å². The molecule has 0 N–H and O–H groups in total. The summed E-state index contributed by atoms with van der Waals surface area (Å²) in [5.41, 5.74) is 1.34. The molecule has 2 nitrogen and oxygen atoms in total. The van der Waals surface area contributed by atoms with E-state index in [9.17, 15) is 13.2 Å². The van der Waals surface area contributed by atoms with E-state index in [1.54, 1.807) is 6.07 Å². The Morgan fingerprint density at radius 1 is 1.09 bits per heavy atom. The van der Waals surface area contributed by atoms with Gasteiger partial charge in [0.25, 0.3) is 0 Å². The topological polar surface area (TPSA) is 33.0 Å². The van der Waals surface area contributed by atoms with E-state index in [-0.39, 0.29) is 17.9 Å². The number of nitrogens with zero attached hydrogens (tertiary/aromatic N) is 1. The van der Waals surface area contributed by atoms with Gasteiger partial charge in [-0.3, -0.25) is 0 Å². The maximum Gasteiger partial charge on any atom is 0.420 e. The van der Waals surface area contributed by atoms with E-state index in [1.807, 2.05) is 31.2 Å². The van der Waals surface area contributed by atoms with Crippen LogP contribution in [0.5, 0.6) is 5.75 Å². The highest BCUT2D eigenvalue weighted by Gasteiger charge is 2.34. The van der Waals surface area contributed by atoms with Crippen LogP contribution in [-0.2, 0) is 12.6 Å². The van der Waals surface area contributed by atoms with Crippen molar-refractivity contribution in [1.82, 2.24) is 0 Å². The van der Waals surface area contributed by atoms with Crippen molar-refractivity contribution in [3.63, 3.8) is 0 Å². The lowest BCUT2D eigenvalue weighted by molar-refractivity contribution is -0.139. The lowest BCUT2D eigenvalue weighted by Gasteiger charge is -2.14. The predicted octanol–water partition coefficient (Wildman–Crippen LogP) is 4.90. The molecule has 23 heavy (non-hydrogen) atoms. The largest absolute Gasteiger partial charge is 0.493 e. The van der Waals surface area contributed by atoms with Crippen molar-refractivity contribution in [3.8, 4) is 11.8 Å². The van der Waals surface area contributed by atoms with Crippen LogP contribution in [0, 0.1) is 18.3 Å². The zero-order chi connectivity index (χ0) is 16.9. The third-order valence-electron chi connectivity index (χ3n) is 3.40. The highest BCUT2D eigenvalue weighted by atomic mass is 19.4. The number of nitriles is 1. The first-order valence-electron chi connectivity index (χ1n) is 7.20. The molecule has 2 rings (SSSR count). The third-order valence-corrected chi connectivity index (χ3v) is 3.40. The first kappa shape index (κ1) is 16.9. The van der Waals surface area contributed by atoms with E-state index >= 15 is 0 Å². The molecule has 0 heterocycles.